The number of hydrogen-bond donors (Lipinski definition) is 2. The summed E-state index contributed by atoms with van der Waals surface area (Å²) < 4.78 is 40.5. The van der Waals surface area contributed by atoms with E-state index >= 15 is 0 Å². The first-order chi connectivity index (χ1) is 8.95. The molecule has 0 unspecified atom stereocenters. The summed E-state index contributed by atoms with van der Waals surface area (Å²) in [6.45, 7) is 0. The van der Waals surface area contributed by atoms with Gasteiger partial charge >= 0.3 is 6.18 Å². The second-order valence-corrected chi connectivity index (χ2v) is 4.59. The number of anilines is 2. The highest BCUT2D eigenvalue weighted by atomic mass is 19.4. The van der Waals surface area contributed by atoms with Crippen LogP contribution in [0.2, 0.25) is 0 Å². The second-order valence-electron chi connectivity index (χ2n) is 4.59. The van der Waals surface area contributed by atoms with E-state index in [1.165, 1.54) is 6.20 Å². The number of nitrogens with one attached hydrogen (secondary N) is 2. The van der Waals surface area contributed by atoms with Crippen molar-refractivity contribution in [1.29, 1.82) is 0 Å². The molecule has 8 heteroatoms. The largest absolute Gasteiger partial charge is 0.411 e. The zero-order chi connectivity index (χ0) is 13.7. The summed E-state index contributed by atoms with van der Waals surface area (Å²) in [5, 5.41) is 5.33. The quantitative estimate of drug-likeness (QED) is 0.899. The first-order valence-electron chi connectivity index (χ1n) is 5.82. The fraction of sp³-hybridized carbons (Fsp3) is 0.455. The van der Waals surface area contributed by atoms with Crippen molar-refractivity contribution in [2.75, 3.05) is 17.7 Å². The van der Waals surface area contributed by atoms with Crippen molar-refractivity contribution in [3.05, 3.63) is 18.6 Å². The van der Waals surface area contributed by atoms with Crippen molar-refractivity contribution in [1.82, 2.24) is 14.4 Å². The van der Waals surface area contributed by atoms with E-state index < -0.39 is 11.7 Å². The molecule has 0 amide bonds. The molecule has 0 saturated heterocycles. The van der Waals surface area contributed by atoms with Gasteiger partial charge in [0, 0.05) is 19.4 Å². The fourth-order valence-electron chi connectivity index (χ4n) is 1.97. The van der Waals surface area contributed by atoms with Crippen LogP contribution in [0.25, 0.3) is 5.65 Å². The van der Waals surface area contributed by atoms with Gasteiger partial charge in [-0.1, -0.05) is 0 Å². The number of halogens is 3. The smallest absolute Gasteiger partial charge is 0.372 e. The average molecular weight is 271 g/mol. The van der Waals surface area contributed by atoms with Crippen LogP contribution in [0.5, 0.6) is 0 Å². The van der Waals surface area contributed by atoms with Crippen molar-refractivity contribution in [2.24, 2.45) is 0 Å². The normalized spacial score (nSPS) is 17.5. The van der Waals surface area contributed by atoms with Gasteiger partial charge < -0.3 is 15.0 Å². The lowest BCUT2D eigenvalue weighted by Crippen LogP contribution is -2.39. The molecule has 1 aliphatic carbocycles. The van der Waals surface area contributed by atoms with Gasteiger partial charge in [0.15, 0.2) is 11.5 Å². The number of nitrogens with zero attached hydrogens (tertiary/aromatic N) is 3. The van der Waals surface area contributed by atoms with E-state index in [2.05, 4.69) is 20.6 Å². The zero-order valence-electron chi connectivity index (χ0n) is 10.1. The van der Waals surface area contributed by atoms with Crippen LogP contribution in [0.3, 0.4) is 0 Å². The lowest BCUT2D eigenvalue weighted by molar-refractivity contribution is -0.151. The van der Waals surface area contributed by atoms with Gasteiger partial charge in [-0.15, -0.1) is 0 Å². The maximum absolute atomic E-state index is 13.0. The van der Waals surface area contributed by atoms with Gasteiger partial charge in [-0.3, -0.25) is 0 Å². The highest BCUT2D eigenvalue weighted by molar-refractivity contribution is 5.67. The minimum atomic E-state index is -4.28. The van der Waals surface area contributed by atoms with Crippen molar-refractivity contribution in [3.8, 4) is 0 Å². The number of fused-ring (bicyclic) bond motifs is 1. The third-order valence-corrected chi connectivity index (χ3v) is 3.28. The number of rotatable bonds is 3. The van der Waals surface area contributed by atoms with Gasteiger partial charge in [0.05, 0.1) is 6.20 Å². The highest BCUT2D eigenvalue weighted by Gasteiger charge is 2.64. The molecule has 0 aliphatic heterocycles. The summed E-state index contributed by atoms with van der Waals surface area (Å²) in [4.78, 5) is 8.16. The summed E-state index contributed by atoms with van der Waals surface area (Å²) in [6.07, 6.45) is 0.698. The van der Waals surface area contributed by atoms with Crippen LogP contribution < -0.4 is 10.6 Å². The van der Waals surface area contributed by atoms with Crippen LogP contribution >= 0.6 is 0 Å². The van der Waals surface area contributed by atoms with Crippen molar-refractivity contribution in [2.45, 2.75) is 24.6 Å². The number of hydrogen-bond acceptors (Lipinski definition) is 4. The number of imidazole rings is 1. The Morgan fingerprint density at radius 1 is 1.37 bits per heavy atom. The summed E-state index contributed by atoms with van der Waals surface area (Å²) in [5.74, 6) is 0.623. The fourth-order valence-corrected chi connectivity index (χ4v) is 1.97. The minimum absolute atomic E-state index is 0.0643. The predicted molar refractivity (Wildman–Crippen MR) is 64.2 cm³/mol. The molecule has 0 bridgehead atoms. The average Bonchev–Trinajstić information content (AvgIpc) is 2.98. The molecule has 1 aliphatic rings. The van der Waals surface area contributed by atoms with Gasteiger partial charge in [0.25, 0.3) is 0 Å². The van der Waals surface area contributed by atoms with E-state index in [-0.39, 0.29) is 18.7 Å². The summed E-state index contributed by atoms with van der Waals surface area (Å²) in [6, 6.07) is 0. The monoisotopic (exact) mass is 271 g/mol. The molecule has 0 aromatic carbocycles. The van der Waals surface area contributed by atoms with Gasteiger partial charge in [-0.25, -0.2) is 9.97 Å². The van der Waals surface area contributed by atoms with E-state index in [0.29, 0.717) is 11.5 Å². The Morgan fingerprint density at radius 2 is 2.11 bits per heavy atom. The number of alkyl halides is 3. The van der Waals surface area contributed by atoms with E-state index in [1.807, 2.05) is 0 Å². The Labute approximate surface area is 106 Å². The standard InChI is InChI=1S/C11H12F3N5/c1-15-7-6-19-5-4-16-9(19)8(17-7)18-10(2-3-10)11(12,13)14/h4-6,15H,2-3H2,1H3,(H,17,18). The molecule has 2 heterocycles. The Morgan fingerprint density at radius 3 is 2.68 bits per heavy atom. The van der Waals surface area contributed by atoms with Crippen LogP contribution in [0.1, 0.15) is 12.8 Å². The number of aromatic nitrogens is 3. The van der Waals surface area contributed by atoms with Crippen LogP contribution in [0.4, 0.5) is 24.8 Å². The second kappa shape index (κ2) is 3.75. The molecule has 1 saturated carbocycles. The lowest BCUT2D eigenvalue weighted by Gasteiger charge is -2.21. The van der Waals surface area contributed by atoms with E-state index in [4.69, 9.17) is 0 Å². The van der Waals surface area contributed by atoms with Crippen molar-refractivity contribution in [3.63, 3.8) is 0 Å². The Kier molecular flexibility index (Phi) is 2.38. The maximum Gasteiger partial charge on any atom is 0.411 e. The van der Waals surface area contributed by atoms with Crippen molar-refractivity contribution < 1.29 is 13.2 Å². The van der Waals surface area contributed by atoms with Crippen molar-refractivity contribution >= 4 is 17.3 Å². The molecule has 3 rings (SSSR count). The topological polar surface area (TPSA) is 54.2 Å². The Balaban J connectivity index is 2.03. The molecule has 19 heavy (non-hydrogen) atoms. The minimum Gasteiger partial charge on any atom is -0.372 e. The molecule has 102 valence electrons. The molecule has 5 nitrogen and oxygen atoms in total. The molecule has 2 N–H and O–H groups in total. The first-order valence-corrected chi connectivity index (χ1v) is 5.82. The van der Waals surface area contributed by atoms with Gasteiger partial charge in [-0.05, 0) is 12.8 Å². The lowest BCUT2D eigenvalue weighted by atomic mass is 10.2. The van der Waals surface area contributed by atoms with Gasteiger partial charge in [0.2, 0.25) is 0 Å². The third kappa shape index (κ3) is 1.87. The van der Waals surface area contributed by atoms with Crippen LogP contribution in [-0.2, 0) is 0 Å². The highest BCUT2D eigenvalue weighted by Crippen LogP contribution is 2.51. The van der Waals surface area contributed by atoms with E-state index in [9.17, 15) is 13.2 Å². The molecule has 0 atom stereocenters. The van der Waals surface area contributed by atoms with Crippen LogP contribution in [0, 0.1) is 0 Å². The van der Waals surface area contributed by atoms with Gasteiger partial charge in [0.1, 0.15) is 11.4 Å². The SMILES string of the molecule is CNc1cn2ccnc2c(NC2(C(F)(F)F)CC2)n1. The Hall–Kier alpha value is -1.99. The summed E-state index contributed by atoms with van der Waals surface area (Å²) >= 11 is 0. The molecular weight excluding hydrogens is 259 g/mol. The van der Waals surface area contributed by atoms with E-state index in [1.54, 1.807) is 23.8 Å². The predicted octanol–water partition coefficient (Wildman–Crippen LogP) is 2.28. The van der Waals surface area contributed by atoms with Crippen LogP contribution in [0.15, 0.2) is 18.6 Å². The molecular formula is C11H12F3N5. The molecule has 0 spiro atoms. The summed E-state index contributed by atoms with van der Waals surface area (Å²) in [5.41, 5.74) is -1.46. The van der Waals surface area contributed by atoms with Gasteiger partial charge in [-0.2, -0.15) is 13.2 Å². The first kappa shape index (κ1) is 12.1. The summed E-state index contributed by atoms with van der Waals surface area (Å²) in [7, 11) is 1.66. The molecule has 0 radical (unpaired) electrons. The molecule has 2 aromatic rings. The molecule has 1 fully saturated rings. The van der Waals surface area contributed by atoms with E-state index in [0.717, 1.165) is 0 Å². The zero-order valence-corrected chi connectivity index (χ0v) is 10.1. The van der Waals surface area contributed by atoms with Crippen LogP contribution in [-0.4, -0.2) is 33.1 Å². The third-order valence-electron chi connectivity index (χ3n) is 3.28. The Bertz CT molecular complexity index is 614. The maximum atomic E-state index is 13.0. The molecule has 2 aromatic heterocycles.